The minimum Gasteiger partial charge on any atom is -0.511 e. The standard InChI is InChI=1S/C34H33BrN2O3S/c1-24(38)32(16-17-41-2)37-21-28-14-15-30(19-33(28)40-22-26-9-6-8-25(18-26)20-36)39-23-29-12-7-13-31(34(29)35)27-10-4-3-5-11-27/h3-15,18-19,32,37-38H,1,16-17,21-23H2,2H3/t32-/m0/s1. The lowest BCUT2D eigenvalue weighted by molar-refractivity contribution is 0.285. The van der Waals surface area contributed by atoms with E-state index < -0.39 is 0 Å². The van der Waals surface area contributed by atoms with Gasteiger partial charge in [0.15, 0.2) is 0 Å². The highest BCUT2D eigenvalue weighted by atomic mass is 79.9. The van der Waals surface area contributed by atoms with Crippen LogP contribution < -0.4 is 14.8 Å². The smallest absolute Gasteiger partial charge is 0.127 e. The number of benzene rings is 4. The molecule has 0 aliphatic rings. The highest BCUT2D eigenvalue weighted by molar-refractivity contribution is 9.10. The van der Waals surface area contributed by atoms with Gasteiger partial charge in [0.25, 0.3) is 0 Å². The van der Waals surface area contributed by atoms with Crippen molar-refractivity contribution in [3.8, 4) is 28.7 Å². The predicted molar refractivity (Wildman–Crippen MR) is 171 cm³/mol. The van der Waals surface area contributed by atoms with Gasteiger partial charge in [-0.15, -0.1) is 0 Å². The van der Waals surface area contributed by atoms with Crippen LogP contribution in [0.5, 0.6) is 11.5 Å². The Hall–Kier alpha value is -3.70. The van der Waals surface area contributed by atoms with E-state index in [4.69, 9.17) is 9.47 Å². The number of hydrogen-bond acceptors (Lipinski definition) is 6. The fourth-order valence-corrected chi connectivity index (χ4v) is 5.42. The summed E-state index contributed by atoms with van der Waals surface area (Å²) in [5.74, 6) is 2.38. The topological polar surface area (TPSA) is 74.5 Å². The molecule has 0 aliphatic heterocycles. The molecule has 41 heavy (non-hydrogen) atoms. The molecular weight excluding hydrogens is 596 g/mol. The normalized spacial score (nSPS) is 11.4. The summed E-state index contributed by atoms with van der Waals surface area (Å²) in [7, 11) is 0. The molecule has 4 aromatic carbocycles. The summed E-state index contributed by atoms with van der Waals surface area (Å²) in [5, 5.41) is 22.7. The fourth-order valence-electron chi connectivity index (χ4n) is 4.35. The Balaban J connectivity index is 1.53. The van der Waals surface area contributed by atoms with Crippen molar-refractivity contribution >= 4 is 27.7 Å². The Kier molecular flexibility index (Phi) is 11.3. The highest BCUT2D eigenvalue weighted by Crippen LogP contribution is 2.32. The van der Waals surface area contributed by atoms with E-state index in [1.54, 1.807) is 17.8 Å². The number of rotatable bonds is 14. The van der Waals surface area contributed by atoms with Crippen molar-refractivity contribution in [2.45, 2.75) is 32.2 Å². The molecule has 0 saturated heterocycles. The Morgan fingerprint density at radius 2 is 1.78 bits per heavy atom. The second-order valence-corrected chi connectivity index (χ2v) is 11.3. The number of hydrogen-bond donors (Lipinski definition) is 2. The summed E-state index contributed by atoms with van der Waals surface area (Å²) in [5.41, 5.74) is 5.69. The summed E-state index contributed by atoms with van der Waals surface area (Å²) in [6.45, 7) is 4.90. The number of nitriles is 1. The average Bonchev–Trinajstić information content (AvgIpc) is 3.00. The van der Waals surface area contributed by atoms with E-state index in [1.165, 1.54) is 0 Å². The molecule has 0 unspecified atom stereocenters. The first-order valence-corrected chi connectivity index (χ1v) is 15.5. The maximum Gasteiger partial charge on any atom is 0.127 e. The Morgan fingerprint density at radius 3 is 2.54 bits per heavy atom. The zero-order valence-electron chi connectivity index (χ0n) is 23.0. The van der Waals surface area contributed by atoms with Crippen LogP contribution in [0.1, 0.15) is 28.7 Å². The Bertz CT molecular complexity index is 1500. The van der Waals surface area contributed by atoms with E-state index in [0.717, 1.165) is 44.5 Å². The molecule has 2 N–H and O–H groups in total. The number of halogens is 1. The SMILES string of the molecule is C=C(O)[C@H](CCSC)NCc1ccc(OCc2cccc(-c3ccccc3)c2Br)cc1OCc1cccc(C#N)c1. The van der Waals surface area contributed by atoms with Crippen LogP contribution in [0.4, 0.5) is 0 Å². The number of aliphatic hydroxyl groups is 1. The van der Waals surface area contributed by atoms with Crippen LogP contribution in [0.15, 0.2) is 108 Å². The molecule has 210 valence electrons. The van der Waals surface area contributed by atoms with Crippen molar-refractivity contribution in [3.05, 3.63) is 130 Å². The van der Waals surface area contributed by atoms with Gasteiger partial charge >= 0.3 is 0 Å². The molecule has 0 fully saturated rings. The zero-order chi connectivity index (χ0) is 29.0. The molecule has 0 aliphatic carbocycles. The van der Waals surface area contributed by atoms with E-state index in [0.29, 0.717) is 36.8 Å². The fraction of sp³-hybridized carbons (Fsp3) is 0.206. The lowest BCUT2D eigenvalue weighted by Crippen LogP contribution is -2.31. The summed E-state index contributed by atoms with van der Waals surface area (Å²) in [6, 6.07) is 31.6. The van der Waals surface area contributed by atoms with Crippen LogP contribution in [0.25, 0.3) is 11.1 Å². The van der Waals surface area contributed by atoms with Crippen LogP contribution >= 0.6 is 27.7 Å². The third-order valence-electron chi connectivity index (χ3n) is 6.60. The molecule has 0 amide bonds. The van der Waals surface area contributed by atoms with Gasteiger partial charge in [-0.2, -0.15) is 17.0 Å². The molecule has 0 bridgehead atoms. The summed E-state index contributed by atoms with van der Waals surface area (Å²) in [4.78, 5) is 0. The second-order valence-electron chi connectivity index (χ2n) is 9.51. The van der Waals surface area contributed by atoms with E-state index in [1.807, 2.05) is 73.0 Å². The van der Waals surface area contributed by atoms with Crippen molar-refractivity contribution in [2.24, 2.45) is 0 Å². The maximum atomic E-state index is 10.1. The molecule has 0 spiro atoms. The number of nitrogens with zero attached hydrogens (tertiary/aromatic N) is 1. The number of nitrogens with one attached hydrogen (secondary N) is 1. The third kappa shape index (κ3) is 8.64. The molecule has 4 rings (SSSR count). The number of ether oxygens (including phenoxy) is 2. The van der Waals surface area contributed by atoms with E-state index >= 15 is 0 Å². The molecule has 0 saturated carbocycles. The Morgan fingerprint density at radius 1 is 0.976 bits per heavy atom. The summed E-state index contributed by atoms with van der Waals surface area (Å²) >= 11 is 5.51. The first-order valence-electron chi connectivity index (χ1n) is 13.3. The largest absolute Gasteiger partial charge is 0.511 e. The first-order chi connectivity index (χ1) is 20.0. The van der Waals surface area contributed by atoms with E-state index in [-0.39, 0.29) is 11.8 Å². The van der Waals surface area contributed by atoms with Gasteiger partial charge in [-0.3, -0.25) is 0 Å². The number of thioether (sulfide) groups is 1. The maximum absolute atomic E-state index is 10.1. The van der Waals surface area contributed by atoms with E-state index in [2.05, 4.69) is 52.1 Å². The van der Waals surface area contributed by atoms with Gasteiger partial charge in [-0.25, -0.2) is 0 Å². The minimum atomic E-state index is -0.215. The molecule has 5 nitrogen and oxygen atoms in total. The number of aliphatic hydroxyl groups excluding tert-OH is 1. The van der Waals surface area contributed by atoms with E-state index in [9.17, 15) is 10.4 Å². The van der Waals surface area contributed by atoms with Crippen LogP contribution in [0.3, 0.4) is 0 Å². The molecule has 0 radical (unpaired) electrons. The van der Waals surface area contributed by atoms with Gasteiger partial charge in [0, 0.05) is 28.2 Å². The first kappa shape index (κ1) is 30.3. The van der Waals surface area contributed by atoms with Crippen molar-refractivity contribution < 1.29 is 14.6 Å². The predicted octanol–water partition coefficient (Wildman–Crippen LogP) is 8.43. The van der Waals surface area contributed by atoms with Crippen molar-refractivity contribution in [2.75, 3.05) is 12.0 Å². The van der Waals surface area contributed by atoms with Crippen molar-refractivity contribution in [1.82, 2.24) is 5.32 Å². The lowest BCUT2D eigenvalue weighted by atomic mass is 10.0. The zero-order valence-corrected chi connectivity index (χ0v) is 25.4. The second kappa shape index (κ2) is 15.3. The lowest BCUT2D eigenvalue weighted by Gasteiger charge is -2.19. The third-order valence-corrected chi connectivity index (χ3v) is 8.18. The van der Waals surface area contributed by atoms with Gasteiger partial charge < -0.3 is 19.9 Å². The van der Waals surface area contributed by atoms with Crippen LogP contribution in [0, 0.1) is 11.3 Å². The molecule has 4 aromatic rings. The van der Waals surface area contributed by atoms with Gasteiger partial charge in [0.1, 0.15) is 30.5 Å². The average molecular weight is 630 g/mol. The Labute approximate surface area is 255 Å². The molecule has 0 aromatic heterocycles. The van der Waals surface area contributed by atoms with Gasteiger partial charge in [0.05, 0.1) is 17.7 Å². The van der Waals surface area contributed by atoms with Crippen molar-refractivity contribution in [3.63, 3.8) is 0 Å². The van der Waals surface area contributed by atoms with Crippen LogP contribution in [0.2, 0.25) is 0 Å². The minimum absolute atomic E-state index is 0.123. The van der Waals surface area contributed by atoms with Gasteiger partial charge in [-0.1, -0.05) is 73.3 Å². The highest BCUT2D eigenvalue weighted by Gasteiger charge is 2.14. The molecule has 0 heterocycles. The van der Waals surface area contributed by atoms with Gasteiger partial charge in [-0.05, 0) is 69.2 Å². The summed E-state index contributed by atoms with van der Waals surface area (Å²) in [6.07, 6.45) is 2.81. The van der Waals surface area contributed by atoms with Crippen molar-refractivity contribution in [1.29, 1.82) is 5.26 Å². The molecular formula is C34H33BrN2O3S. The van der Waals surface area contributed by atoms with Crippen LogP contribution in [-0.4, -0.2) is 23.2 Å². The van der Waals surface area contributed by atoms with Gasteiger partial charge in [0.2, 0.25) is 0 Å². The quantitative estimate of drug-likeness (QED) is 0.137. The monoisotopic (exact) mass is 628 g/mol. The van der Waals surface area contributed by atoms with Crippen LogP contribution in [-0.2, 0) is 19.8 Å². The molecule has 1 atom stereocenters. The summed E-state index contributed by atoms with van der Waals surface area (Å²) < 4.78 is 13.5. The molecule has 7 heteroatoms.